The third kappa shape index (κ3) is 10.7. The number of fused-ring (bicyclic) bond motifs is 1. The third-order valence-corrected chi connectivity index (χ3v) is 6.46. The molecule has 0 fully saturated rings. The average molecular weight is 658 g/mol. The molecule has 20 heteroatoms. The summed E-state index contributed by atoms with van der Waals surface area (Å²) in [6.45, 7) is 0.0769. The summed E-state index contributed by atoms with van der Waals surface area (Å²) in [5.41, 5.74) is 6.22. The van der Waals surface area contributed by atoms with E-state index in [0.717, 1.165) is 0 Å². The van der Waals surface area contributed by atoms with Crippen molar-refractivity contribution < 1.29 is 49.2 Å². The predicted octanol–water partition coefficient (Wildman–Crippen LogP) is -1.65. The highest BCUT2D eigenvalue weighted by Crippen LogP contribution is 2.12. The van der Waals surface area contributed by atoms with Crippen LogP contribution in [0.15, 0.2) is 35.3 Å². The first kappa shape index (κ1) is 35.3. The van der Waals surface area contributed by atoms with Gasteiger partial charge >= 0.3 is 23.9 Å². The van der Waals surface area contributed by atoms with Crippen LogP contribution in [0.2, 0.25) is 0 Å². The molecule has 0 bridgehead atoms. The molecule has 250 valence electrons. The van der Waals surface area contributed by atoms with Gasteiger partial charge in [-0.1, -0.05) is 0 Å². The number of aromatic nitrogens is 4. The normalized spacial score (nSPS) is 12.8. The minimum Gasteiger partial charge on any atom is -0.481 e. The maximum Gasteiger partial charge on any atom is 0.326 e. The van der Waals surface area contributed by atoms with Gasteiger partial charge in [-0.2, -0.15) is 4.98 Å². The molecule has 0 aliphatic carbocycles. The Bertz CT molecular complexity index is 1710. The minimum atomic E-state index is -1.79. The summed E-state index contributed by atoms with van der Waals surface area (Å²) >= 11 is 0. The van der Waals surface area contributed by atoms with Crippen molar-refractivity contribution in [3.8, 4) is 0 Å². The van der Waals surface area contributed by atoms with Crippen LogP contribution >= 0.6 is 0 Å². The van der Waals surface area contributed by atoms with Crippen molar-refractivity contribution in [1.29, 1.82) is 0 Å². The zero-order valence-electron chi connectivity index (χ0n) is 24.4. The molecular weight excluding hydrogens is 626 g/mol. The fourth-order valence-electron chi connectivity index (χ4n) is 4.15. The number of carbonyl (C=O) groups excluding carboxylic acids is 2. The van der Waals surface area contributed by atoms with E-state index in [9.17, 15) is 38.7 Å². The maximum atomic E-state index is 12.7. The molecule has 1 aromatic carbocycles. The predicted molar refractivity (Wildman–Crippen MR) is 160 cm³/mol. The van der Waals surface area contributed by atoms with Gasteiger partial charge in [0.15, 0.2) is 11.2 Å². The second-order valence-corrected chi connectivity index (χ2v) is 10.0. The monoisotopic (exact) mass is 657 g/mol. The van der Waals surface area contributed by atoms with Crippen LogP contribution in [-0.4, -0.2) is 101 Å². The van der Waals surface area contributed by atoms with E-state index >= 15 is 0 Å². The van der Waals surface area contributed by atoms with Crippen LogP contribution in [0, 0.1) is 0 Å². The fourth-order valence-corrected chi connectivity index (χ4v) is 4.15. The molecular formula is C27H31N9O11. The lowest BCUT2D eigenvalue weighted by Gasteiger charge is -2.20. The number of H-pyrrole nitrogens is 1. The first-order valence-electron chi connectivity index (χ1n) is 13.8. The summed E-state index contributed by atoms with van der Waals surface area (Å²) in [7, 11) is 0. The number of carboxylic acids is 4. The van der Waals surface area contributed by atoms with Crippen molar-refractivity contribution in [2.24, 2.45) is 0 Å². The first-order valence-corrected chi connectivity index (χ1v) is 13.8. The lowest BCUT2D eigenvalue weighted by atomic mass is 10.1. The Morgan fingerprint density at radius 2 is 1.49 bits per heavy atom. The summed E-state index contributed by atoms with van der Waals surface area (Å²) in [6, 6.07) is 1.45. The molecule has 2 heterocycles. The van der Waals surface area contributed by atoms with Gasteiger partial charge in [0.25, 0.3) is 11.5 Å². The Morgan fingerprint density at radius 1 is 0.851 bits per heavy atom. The van der Waals surface area contributed by atoms with Gasteiger partial charge in [-0.3, -0.25) is 29.0 Å². The van der Waals surface area contributed by atoms with Crippen LogP contribution in [0.3, 0.4) is 0 Å². The van der Waals surface area contributed by atoms with Gasteiger partial charge in [-0.25, -0.2) is 19.6 Å². The van der Waals surface area contributed by atoms with Gasteiger partial charge in [0.1, 0.15) is 12.1 Å². The Labute approximate surface area is 263 Å². The maximum absolute atomic E-state index is 12.7. The molecule has 2 amide bonds. The number of benzene rings is 1. The molecule has 0 spiro atoms. The number of hydrogen-bond donors (Lipinski definition) is 10. The minimum absolute atomic E-state index is 0.0155. The zero-order valence-corrected chi connectivity index (χ0v) is 24.4. The molecule has 2 aromatic heterocycles. The van der Waals surface area contributed by atoms with Crippen LogP contribution < -0.4 is 32.6 Å². The smallest absolute Gasteiger partial charge is 0.326 e. The van der Waals surface area contributed by atoms with Crippen LogP contribution in [0.1, 0.15) is 41.7 Å². The van der Waals surface area contributed by atoms with Crippen LogP contribution in [0.4, 0.5) is 11.6 Å². The van der Waals surface area contributed by atoms with Crippen molar-refractivity contribution in [2.45, 2.75) is 50.4 Å². The van der Waals surface area contributed by atoms with Crippen molar-refractivity contribution in [2.75, 3.05) is 17.6 Å². The Hall–Kier alpha value is -6.18. The summed E-state index contributed by atoms with van der Waals surface area (Å²) < 4.78 is 0. The number of rotatable bonds is 18. The molecule has 0 saturated carbocycles. The van der Waals surface area contributed by atoms with Crippen LogP contribution in [0.25, 0.3) is 11.2 Å². The molecule has 0 saturated heterocycles. The van der Waals surface area contributed by atoms with Crippen LogP contribution in [0.5, 0.6) is 0 Å². The number of hydrogen-bond acceptors (Lipinski definition) is 13. The van der Waals surface area contributed by atoms with Crippen molar-refractivity contribution >= 4 is 58.5 Å². The number of aliphatic carboxylic acids is 4. The molecule has 0 aliphatic rings. The molecule has 20 nitrogen and oxygen atoms in total. The lowest BCUT2D eigenvalue weighted by Crippen LogP contribution is -2.51. The van der Waals surface area contributed by atoms with Crippen molar-refractivity contribution in [1.82, 2.24) is 35.9 Å². The van der Waals surface area contributed by atoms with Crippen LogP contribution in [-0.2, 0) is 30.5 Å². The molecule has 3 rings (SSSR count). The standard InChI is InChI=1S/C27H31N9O11/c28-27-35-21-20(24(43)36-27)32-14(11-31-21)10-30-13-5-3-12(4-6-13)22(41)33-15(25(44)45)2-1-7-29-16(8-18(37)38)23(42)34-17(26(46)47)9-19(39)40/h3-6,11,15-17,29-30H,1-2,7-10H2,(H,33,41)(H,34,42)(H,37,38)(H,39,40)(H,44,45)(H,46,47)(H3,28,31,35,36,43)/t15-,16+,17+/m0/s1. The molecule has 3 atom stereocenters. The summed E-state index contributed by atoms with van der Waals surface area (Å²) in [5.74, 6) is -7.70. The first-order chi connectivity index (χ1) is 22.2. The highest BCUT2D eigenvalue weighted by Gasteiger charge is 2.28. The highest BCUT2D eigenvalue weighted by molar-refractivity contribution is 5.97. The number of nitrogens with zero attached hydrogens (tertiary/aromatic N) is 3. The van der Waals surface area contributed by atoms with E-state index < -0.39 is 72.2 Å². The van der Waals surface area contributed by atoms with Gasteiger partial charge < -0.3 is 47.4 Å². The molecule has 0 aliphatic heterocycles. The molecule has 3 aromatic rings. The molecule has 47 heavy (non-hydrogen) atoms. The van der Waals surface area contributed by atoms with Gasteiger partial charge in [0, 0.05) is 11.3 Å². The van der Waals surface area contributed by atoms with E-state index in [1.54, 1.807) is 12.1 Å². The average Bonchev–Trinajstić information content (AvgIpc) is 3.00. The van der Waals surface area contributed by atoms with Gasteiger partial charge in [0.05, 0.1) is 37.3 Å². The van der Waals surface area contributed by atoms with Gasteiger partial charge in [0.2, 0.25) is 11.9 Å². The van der Waals surface area contributed by atoms with Gasteiger partial charge in [-0.15, -0.1) is 0 Å². The second kappa shape index (κ2) is 16.2. The number of aromatic amines is 1. The Morgan fingerprint density at radius 3 is 2.11 bits per heavy atom. The van der Waals surface area contributed by atoms with E-state index in [4.69, 9.17) is 21.1 Å². The van der Waals surface area contributed by atoms with E-state index in [2.05, 4.69) is 35.9 Å². The Balaban J connectivity index is 1.52. The number of nitrogens with one attached hydrogen (secondary N) is 5. The SMILES string of the molecule is Nc1nc2ncc(CNc3ccc(C(=O)N[C@@H](CCCN[C@H](CC(=O)O)C(=O)N[C@H](CC(=O)O)C(=O)O)C(=O)O)cc3)nc2c(=O)[nH]1. The lowest BCUT2D eigenvalue weighted by molar-refractivity contribution is -0.147. The van der Waals surface area contributed by atoms with E-state index in [1.165, 1.54) is 18.3 Å². The second-order valence-electron chi connectivity index (χ2n) is 10.0. The molecule has 0 unspecified atom stereocenters. The van der Waals surface area contributed by atoms with Gasteiger partial charge in [-0.05, 0) is 43.7 Å². The highest BCUT2D eigenvalue weighted by atomic mass is 16.4. The topological polar surface area (TPSA) is 329 Å². The molecule has 0 radical (unpaired) electrons. The summed E-state index contributed by atoms with van der Waals surface area (Å²) in [5, 5.41) is 46.7. The summed E-state index contributed by atoms with van der Waals surface area (Å²) in [6.07, 6.45) is -0.351. The van der Waals surface area contributed by atoms with Crippen molar-refractivity contribution in [3.05, 3.63) is 52.1 Å². The largest absolute Gasteiger partial charge is 0.481 e. The number of nitrogen functional groups attached to an aromatic ring is 1. The number of nitrogens with two attached hydrogens (primary N) is 1. The van der Waals surface area contributed by atoms with E-state index in [1.807, 2.05) is 5.32 Å². The van der Waals surface area contributed by atoms with E-state index in [-0.39, 0.29) is 48.6 Å². The third-order valence-electron chi connectivity index (χ3n) is 6.46. The quantitative estimate of drug-likeness (QED) is 0.0685. The fraction of sp³-hybridized carbons (Fsp3) is 0.333. The number of amides is 2. The number of carbonyl (C=O) groups is 6. The summed E-state index contributed by atoms with van der Waals surface area (Å²) in [4.78, 5) is 96.8. The number of carboxylic acid groups (broad SMARTS) is 4. The Kier molecular flexibility index (Phi) is 12.2. The number of anilines is 2. The molecule has 11 N–H and O–H groups in total. The zero-order chi connectivity index (χ0) is 34.7. The van der Waals surface area contributed by atoms with Crippen molar-refractivity contribution in [3.63, 3.8) is 0 Å². The van der Waals surface area contributed by atoms with E-state index in [0.29, 0.717) is 11.4 Å².